The van der Waals surface area contributed by atoms with Crippen LogP contribution >= 0.6 is 0 Å². The zero-order valence-corrected chi connectivity index (χ0v) is 10.6. The van der Waals surface area contributed by atoms with Gasteiger partial charge in [0, 0.05) is 11.7 Å². The normalized spacial score (nSPS) is 22.0. The summed E-state index contributed by atoms with van der Waals surface area (Å²) in [5.41, 5.74) is 6.81. The number of rotatable bonds is 3. The number of esters is 1. The van der Waals surface area contributed by atoms with E-state index in [0.717, 1.165) is 0 Å². The molecule has 1 fully saturated rings. The molecule has 2 unspecified atom stereocenters. The van der Waals surface area contributed by atoms with E-state index in [4.69, 9.17) is 10.5 Å². The summed E-state index contributed by atoms with van der Waals surface area (Å²) in [6.45, 7) is 0.743. The summed E-state index contributed by atoms with van der Waals surface area (Å²) in [5.74, 6) is -0.916. The monoisotopic (exact) mass is 264 g/mol. The second-order valence-electron chi connectivity index (χ2n) is 4.37. The van der Waals surface area contributed by atoms with Crippen molar-refractivity contribution >= 4 is 17.6 Å². The molecular formula is C13H16N2O4. The molecule has 102 valence electrons. The molecule has 2 rings (SSSR count). The summed E-state index contributed by atoms with van der Waals surface area (Å²) in [6, 6.07) is 6.20. The molecular weight excluding hydrogens is 248 g/mol. The summed E-state index contributed by atoms with van der Waals surface area (Å²) in [5, 5.41) is 2.75. The van der Waals surface area contributed by atoms with Gasteiger partial charge in [0.25, 0.3) is 0 Å². The van der Waals surface area contributed by atoms with Gasteiger partial charge in [-0.05, 0) is 24.3 Å². The molecule has 0 bridgehead atoms. The number of hydrogen-bond donors (Lipinski definition) is 2. The molecule has 1 aliphatic heterocycles. The maximum Gasteiger partial charge on any atom is 0.337 e. The summed E-state index contributed by atoms with van der Waals surface area (Å²) in [7, 11) is 1.32. The average molecular weight is 264 g/mol. The third kappa shape index (κ3) is 3.10. The van der Waals surface area contributed by atoms with Crippen molar-refractivity contribution in [2.45, 2.75) is 6.04 Å². The number of hydrogen-bond acceptors (Lipinski definition) is 5. The SMILES string of the molecule is COC(=O)c1ccc(NC(=O)C2COCC2N)cc1. The summed E-state index contributed by atoms with van der Waals surface area (Å²) in [6.07, 6.45) is 0. The van der Waals surface area contributed by atoms with E-state index in [9.17, 15) is 9.59 Å². The Morgan fingerprint density at radius 1 is 1.32 bits per heavy atom. The smallest absolute Gasteiger partial charge is 0.337 e. The number of carbonyl (C=O) groups excluding carboxylic acids is 2. The molecule has 0 aromatic heterocycles. The van der Waals surface area contributed by atoms with Gasteiger partial charge in [0.2, 0.25) is 5.91 Å². The number of methoxy groups -OCH3 is 1. The summed E-state index contributed by atoms with van der Waals surface area (Å²) < 4.78 is 9.74. The van der Waals surface area contributed by atoms with E-state index in [1.54, 1.807) is 24.3 Å². The third-order valence-electron chi connectivity index (χ3n) is 3.03. The Balaban J connectivity index is 1.99. The van der Waals surface area contributed by atoms with Crippen LogP contribution in [0.3, 0.4) is 0 Å². The number of ether oxygens (including phenoxy) is 2. The minimum absolute atomic E-state index is 0.171. The first kappa shape index (κ1) is 13.5. The highest BCUT2D eigenvalue weighted by molar-refractivity contribution is 5.94. The lowest BCUT2D eigenvalue weighted by atomic mass is 10.0. The lowest BCUT2D eigenvalue weighted by Crippen LogP contribution is -2.37. The van der Waals surface area contributed by atoms with Crippen LogP contribution in [0.4, 0.5) is 5.69 Å². The van der Waals surface area contributed by atoms with Gasteiger partial charge >= 0.3 is 5.97 Å². The third-order valence-corrected chi connectivity index (χ3v) is 3.03. The standard InChI is InChI=1S/C13H16N2O4/c1-18-13(17)8-2-4-9(5-3-8)15-12(16)10-6-19-7-11(10)14/h2-5,10-11H,6-7,14H2,1H3,(H,15,16). The Morgan fingerprint density at radius 2 is 2.00 bits per heavy atom. The van der Waals surface area contributed by atoms with Gasteiger partial charge in [-0.25, -0.2) is 4.79 Å². The van der Waals surface area contributed by atoms with Crippen LogP contribution in [-0.2, 0) is 14.3 Å². The van der Waals surface area contributed by atoms with E-state index in [1.165, 1.54) is 7.11 Å². The molecule has 1 saturated heterocycles. The fourth-order valence-electron chi connectivity index (χ4n) is 1.88. The Labute approximate surface area is 110 Å². The first-order valence-corrected chi connectivity index (χ1v) is 5.94. The highest BCUT2D eigenvalue weighted by atomic mass is 16.5. The van der Waals surface area contributed by atoms with Gasteiger partial charge in [-0.1, -0.05) is 0 Å². The molecule has 2 atom stereocenters. The van der Waals surface area contributed by atoms with E-state index >= 15 is 0 Å². The maximum absolute atomic E-state index is 11.9. The van der Waals surface area contributed by atoms with E-state index < -0.39 is 5.97 Å². The van der Waals surface area contributed by atoms with Gasteiger partial charge in [0.15, 0.2) is 0 Å². The van der Waals surface area contributed by atoms with Crippen molar-refractivity contribution in [3.8, 4) is 0 Å². The Hall–Kier alpha value is -1.92. The van der Waals surface area contributed by atoms with E-state index in [-0.39, 0.29) is 17.9 Å². The molecule has 6 heteroatoms. The summed E-state index contributed by atoms with van der Waals surface area (Å²) in [4.78, 5) is 23.2. The summed E-state index contributed by atoms with van der Waals surface area (Å²) >= 11 is 0. The predicted octanol–water partition coefficient (Wildman–Crippen LogP) is 0.385. The molecule has 1 heterocycles. The molecule has 0 radical (unpaired) electrons. The minimum Gasteiger partial charge on any atom is -0.465 e. The highest BCUT2D eigenvalue weighted by Gasteiger charge is 2.31. The zero-order valence-electron chi connectivity index (χ0n) is 10.6. The van der Waals surface area contributed by atoms with Gasteiger partial charge in [-0.2, -0.15) is 0 Å². The van der Waals surface area contributed by atoms with Crippen molar-refractivity contribution in [3.05, 3.63) is 29.8 Å². The van der Waals surface area contributed by atoms with Crippen molar-refractivity contribution in [2.24, 2.45) is 11.7 Å². The molecule has 6 nitrogen and oxygen atoms in total. The van der Waals surface area contributed by atoms with Crippen molar-refractivity contribution in [3.63, 3.8) is 0 Å². The number of amides is 1. The molecule has 0 aliphatic carbocycles. The zero-order chi connectivity index (χ0) is 13.8. The molecule has 1 amide bonds. The quantitative estimate of drug-likeness (QED) is 0.770. The molecule has 0 spiro atoms. The van der Waals surface area contributed by atoms with E-state index in [0.29, 0.717) is 24.5 Å². The Bertz CT molecular complexity index is 472. The van der Waals surface area contributed by atoms with Crippen LogP contribution in [0.25, 0.3) is 0 Å². The van der Waals surface area contributed by atoms with Gasteiger partial charge in [-0.3, -0.25) is 4.79 Å². The van der Waals surface area contributed by atoms with Crippen LogP contribution in [0.1, 0.15) is 10.4 Å². The van der Waals surface area contributed by atoms with Gasteiger partial charge in [0.1, 0.15) is 0 Å². The van der Waals surface area contributed by atoms with Gasteiger partial charge < -0.3 is 20.5 Å². The fourth-order valence-corrected chi connectivity index (χ4v) is 1.88. The first-order chi connectivity index (χ1) is 9.11. The second kappa shape index (κ2) is 5.81. The van der Waals surface area contributed by atoms with Crippen molar-refractivity contribution in [2.75, 3.05) is 25.6 Å². The molecule has 1 aromatic rings. The van der Waals surface area contributed by atoms with Gasteiger partial charge in [0.05, 0.1) is 31.8 Å². The second-order valence-corrected chi connectivity index (χ2v) is 4.37. The minimum atomic E-state index is -0.413. The molecule has 3 N–H and O–H groups in total. The van der Waals surface area contributed by atoms with Crippen molar-refractivity contribution in [1.29, 1.82) is 0 Å². The fraction of sp³-hybridized carbons (Fsp3) is 0.385. The lowest BCUT2D eigenvalue weighted by molar-refractivity contribution is -0.120. The van der Waals surface area contributed by atoms with Crippen molar-refractivity contribution in [1.82, 2.24) is 0 Å². The van der Waals surface area contributed by atoms with Crippen LogP contribution in [0.15, 0.2) is 24.3 Å². The Morgan fingerprint density at radius 3 is 2.53 bits per heavy atom. The lowest BCUT2D eigenvalue weighted by Gasteiger charge is -2.13. The van der Waals surface area contributed by atoms with Crippen LogP contribution in [0, 0.1) is 5.92 Å². The number of carbonyl (C=O) groups is 2. The molecule has 1 aromatic carbocycles. The maximum atomic E-state index is 11.9. The highest BCUT2D eigenvalue weighted by Crippen LogP contribution is 2.16. The number of nitrogens with two attached hydrogens (primary N) is 1. The van der Waals surface area contributed by atoms with Crippen molar-refractivity contribution < 1.29 is 19.1 Å². The number of benzene rings is 1. The molecule has 0 saturated carbocycles. The first-order valence-electron chi connectivity index (χ1n) is 5.94. The van der Waals surface area contributed by atoms with Crippen LogP contribution in [0.5, 0.6) is 0 Å². The van der Waals surface area contributed by atoms with Crippen LogP contribution in [-0.4, -0.2) is 38.2 Å². The number of anilines is 1. The van der Waals surface area contributed by atoms with E-state index in [2.05, 4.69) is 10.1 Å². The predicted molar refractivity (Wildman–Crippen MR) is 68.7 cm³/mol. The van der Waals surface area contributed by atoms with Crippen LogP contribution in [0.2, 0.25) is 0 Å². The molecule has 19 heavy (non-hydrogen) atoms. The van der Waals surface area contributed by atoms with Crippen LogP contribution < -0.4 is 11.1 Å². The average Bonchev–Trinajstić information content (AvgIpc) is 2.85. The molecule has 1 aliphatic rings. The van der Waals surface area contributed by atoms with E-state index in [1.807, 2.05) is 0 Å². The Kier molecular flexibility index (Phi) is 4.13. The number of nitrogens with one attached hydrogen (secondary N) is 1. The topological polar surface area (TPSA) is 90.6 Å². The largest absolute Gasteiger partial charge is 0.465 e. The van der Waals surface area contributed by atoms with Gasteiger partial charge in [-0.15, -0.1) is 0 Å².